The Kier molecular flexibility index (Phi) is 6.98. The van der Waals surface area contributed by atoms with Crippen LogP contribution in [0.3, 0.4) is 0 Å². The minimum absolute atomic E-state index is 0.00352. The molecule has 3 atom stereocenters. The number of furan rings is 1. The molecule has 1 aromatic carbocycles. The van der Waals surface area contributed by atoms with Crippen molar-refractivity contribution in [2.24, 2.45) is 5.92 Å². The Labute approximate surface area is 204 Å². The number of ether oxygens (including phenoxy) is 1. The number of hydrogen-bond acceptors (Lipinski definition) is 5. The highest BCUT2D eigenvalue weighted by atomic mass is 16.5. The summed E-state index contributed by atoms with van der Waals surface area (Å²) in [4.78, 5) is 42.8. The molecule has 1 saturated heterocycles. The van der Waals surface area contributed by atoms with Gasteiger partial charge in [0.25, 0.3) is 11.8 Å². The van der Waals surface area contributed by atoms with E-state index in [2.05, 4.69) is 15.6 Å². The molecule has 1 fully saturated rings. The second kappa shape index (κ2) is 9.95. The van der Waals surface area contributed by atoms with Crippen molar-refractivity contribution in [2.75, 3.05) is 20.1 Å². The summed E-state index contributed by atoms with van der Waals surface area (Å²) >= 11 is 0. The molecule has 9 nitrogen and oxygen atoms in total. The van der Waals surface area contributed by atoms with Gasteiger partial charge in [-0.15, -0.1) is 0 Å². The molecule has 1 aliphatic heterocycles. The summed E-state index contributed by atoms with van der Waals surface area (Å²) in [6.07, 6.45) is -0.00703. The number of carbonyl (C=O) groups is 3. The second-order valence-electron chi connectivity index (χ2n) is 9.43. The van der Waals surface area contributed by atoms with E-state index in [1.165, 1.54) is 7.05 Å². The number of H-pyrrole nitrogens is 1. The molecule has 3 heterocycles. The van der Waals surface area contributed by atoms with Crippen LogP contribution in [0.1, 0.15) is 48.7 Å². The van der Waals surface area contributed by atoms with Gasteiger partial charge in [-0.25, -0.2) is 0 Å². The molecule has 1 aliphatic rings. The molecule has 3 amide bonds. The van der Waals surface area contributed by atoms with E-state index < -0.39 is 11.9 Å². The van der Waals surface area contributed by atoms with Crippen molar-refractivity contribution in [1.29, 1.82) is 0 Å². The highest BCUT2D eigenvalue weighted by molar-refractivity contribution is 5.99. The molecule has 0 bridgehead atoms. The third kappa shape index (κ3) is 5.24. The Morgan fingerprint density at radius 3 is 2.43 bits per heavy atom. The van der Waals surface area contributed by atoms with Gasteiger partial charge in [0.15, 0.2) is 5.76 Å². The molecular formula is C26H32N4O5. The largest absolute Gasteiger partial charge is 0.451 e. The van der Waals surface area contributed by atoms with Gasteiger partial charge in [-0.2, -0.15) is 0 Å². The van der Waals surface area contributed by atoms with Gasteiger partial charge in [0.05, 0.1) is 12.2 Å². The summed E-state index contributed by atoms with van der Waals surface area (Å²) in [5, 5.41) is 6.20. The highest BCUT2D eigenvalue weighted by Crippen LogP contribution is 2.27. The Hall–Kier alpha value is -3.59. The van der Waals surface area contributed by atoms with E-state index in [1.54, 1.807) is 12.1 Å². The van der Waals surface area contributed by atoms with E-state index in [1.807, 2.05) is 56.9 Å². The van der Waals surface area contributed by atoms with Crippen molar-refractivity contribution in [3.8, 4) is 11.3 Å². The molecule has 3 aromatic rings. The number of nitrogens with zero attached hydrogens (tertiary/aromatic N) is 1. The average Bonchev–Trinajstić information content (AvgIpc) is 3.47. The molecule has 0 spiro atoms. The van der Waals surface area contributed by atoms with Gasteiger partial charge in [0.1, 0.15) is 17.5 Å². The topological polar surface area (TPSA) is 117 Å². The van der Waals surface area contributed by atoms with E-state index in [0.29, 0.717) is 24.5 Å². The standard InChI is InChI=1S/C26H32N4O5/c1-14(2)23(25(32)27-5)29-24(31)22-9-8-21(35-22)18-7-6-17-10-20(28-19(17)11-18)26(33)30-12-15(3)34-16(4)13-30/h6-11,14-16,23,28H,12-13H2,1-5H3,(H,27,32)(H,29,31). The molecule has 0 aliphatic carbocycles. The quantitative estimate of drug-likeness (QED) is 0.501. The average molecular weight is 481 g/mol. The van der Waals surface area contributed by atoms with Gasteiger partial charge >= 0.3 is 0 Å². The number of carbonyl (C=O) groups excluding carboxylic acids is 3. The fourth-order valence-electron chi connectivity index (χ4n) is 4.43. The number of nitrogens with one attached hydrogen (secondary N) is 3. The molecule has 35 heavy (non-hydrogen) atoms. The fraction of sp³-hybridized carbons (Fsp3) is 0.423. The summed E-state index contributed by atoms with van der Waals surface area (Å²) < 4.78 is 11.5. The van der Waals surface area contributed by atoms with Crippen molar-refractivity contribution in [2.45, 2.75) is 45.9 Å². The zero-order valence-corrected chi connectivity index (χ0v) is 20.7. The molecule has 186 valence electrons. The molecule has 4 rings (SSSR count). The first-order valence-corrected chi connectivity index (χ1v) is 11.9. The number of likely N-dealkylation sites (N-methyl/N-ethyl adjacent to an activating group) is 1. The number of fused-ring (bicyclic) bond motifs is 1. The zero-order chi connectivity index (χ0) is 25.3. The van der Waals surface area contributed by atoms with E-state index in [4.69, 9.17) is 9.15 Å². The third-order valence-electron chi connectivity index (χ3n) is 6.16. The van der Waals surface area contributed by atoms with Gasteiger partial charge < -0.3 is 29.7 Å². The maximum Gasteiger partial charge on any atom is 0.287 e. The van der Waals surface area contributed by atoms with Crippen molar-refractivity contribution < 1.29 is 23.5 Å². The van der Waals surface area contributed by atoms with Gasteiger partial charge in [-0.3, -0.25) is 14.4 Å². The molecule has 3 N–H and O–H groups in total. The number of aromatic amines is 1. The third-order valence-corrected chi connectivity index (χ3v) is 6.16. The van der Waals surface area contributed by atoms with E-state index in [9.17, 15) is 14.4 Å². The lowest BCUT2D eigenvalue weighted by Crippen LogP contribution is -2.48. The maximum atomic E-state index is 13.0. The first-order chi connectivity index (χ1) is 16.7. The molecule has 9 heteroatoms. The van der Waals surface area contributed by atoms with Crippen LogP contribution in [-0.2, 0) is 9.53 Å². The minimum atomic E-state index is -0.662. The Bertz CT molecular complexity index is 1230. The summed E-state index contributed by atoms with van der Waals surface area (Å²) in [7, 11) is 1.53. The lowest BCUT2D eigenvalue weighted by Gasteiger charge is -2.35. The summed E-state index contributed by atoms with van der Waals surface area (Å²) in [6.45, 7) is 8.76. The molecule has 0 saturated carbocycles. The predicted octanol–water partition coefficient (Wildman–Crippen LogP) is 3.18. The smallest absolute Gasteiger partial charge is 0.287 e. The Balaban J connectivity index is 1.52. The van der Waals surface area contributed by atoms with Crippen LogP contribution < -0.4 is 10.6 Å². The molecular weight excluding hydrogens is 448 g/mol. The summed E-state index contributed by atoms with van der Waals surface area (Å²) in [5.74, 6) is -0.226. The van der Waals surface area contributed by atoms with Crippen molar-refractivity contribution in [1.82, 2.24) is 20.5 Å². The number of benzene rings is 1. The van der Waals surface area contributed by atoms with E-state index in [-0.39, 0.29) is 35.7 Å². The van der Waals surface area contributed by atoms with Crippen LogP contribution in [0.5, 0.6) is 0 Å². The van der Waals surface area contributed by atoms with Crippen LogP contribution in [0, 0.1) is 5.92 Å². The zero-order valence-electron chi connectivity index (χ0n) is 20.7. The van der Waals surface area contributed by atoms with Crippen molar-refractivity contribution in [3.63, 3.8) is 0 Å². The van der Waals surface area contributed by atoms with Crippen molar-refractivity contribution >= 4 is 28.6 Å². The lowest BCUT2D eigenvalue weighted by molar-refractivity contribution is -0.123. The molecule has 0 radical (unpaired) electrons. The van der Waals surface area contributed by atoms with E-state index >= 15 is 0 Å². The van der Waals surface area contributed by atoms with Crippen LogP contribution in [0.15, 0.2) is 40.8 Å². The highest BCUT2D eigenvalue weighted by Gasteiger charge is 2.28. The van der Waals surface area contributed by atoms with E-state index in [0.717, 1.165) is 16.5 Å². The maximum absolute atomic E-state index is 13.0. The van der Waals surface area contributed by atoms with Gasteiger partial charge in [0, 0.05) is 36.6 Å². The first-order valence-electron chi connectivity index (χ1n) is 11.9. The summed E-state index contributed by atoms with van der Waals surface area (Å²) in [5.41, 5.74) is 2.08. The number of rotatable bonds is 6. The first kappa shape index (κ1) is 24.5. The van der Waals surface area contributed by atoms with Gasteiger partial charge in [-0.1, -0.05) is 26.0 Å². The summed E-state index contributed by atoms with van der Waals surface area (Å²) in [6, 6.07) is 10.2. The molecule has 3 unspecified atom stereocenters. The van der Waals surface area contributed by atoms with Crippen LogP contribution >= 0.6 is 0 Å². The normalized spacial score (nSPS) is 19.1. The Morgan fingerprint density at radius 2 is 1.77 bits per heavy atom. The fourth-order valence-corrected chi connectivity index (χ4v) is 4.43. The lowest BCUT2D eigenvalue weighted by atomic mass is 10.0. The van der Waals surface area contributed by atoms with Crippen LogP contribution in [0.2, 0.25) is 0 Å². The number of hydrogen-bond donors (Lipinski definition) is 3. The molecule has 2 aromatic heterocycles. The second-order valence-corrected chi connectivity index (χ2v) is 9.43. The van der Waals surface area contributed by atoms with Gasteiger partial charge in [0.2, 0.25) is 5.91 Å². The number of amides is 3. The van der Waals surface area contributed by atoms with Gasteiger partial charge in [-0.05, 0) is 44.0 Å². The Morgan fingerprint density at radius 1 is 1.06 bits per heavy atom. The van der Waals surface area contributed by atoms with Crippen LogP contribution in [-0.4, -0.2) is 66.0 Å². The van der Waals surface area contributed by atoms with Crippen LogP contribution in [0.25, 0.3) is 22.2 Å². The minimum Gasteiger partial charge on any atom is -0.451 e. The number of aromatic nitrogens is 1. The number of morpholine rings is 1. The van der Waals surface area contributed by atoms with Crippen LogP contribution in [0.4, 0.5) is 0 Å². The van der Waals surface area contributed by atoms with Crippen molar-refractivity contribution in [3.05, 3.63) is 47.9 Å². The SMILES string of the molecule is CNC(=O)C(NC(=O)c1ccc(-c2ccc3cc(C(=O)N4CC(C)OC(C)C4)[nH]c3c2)o1)C(C)C. The predicted molar refractivity (Wildman–Crippen MR) is 132 cm³/mol. The monoisotopic (exact) mass is 480 g/mol.